The van der Waals surface area contributed by atoms with Gasteiger partial charge < -0.3 is 9.16 Å². The van der Waals surface area contributed by atoms with Gasteiger partial charge in [-0.15, -0.1) is 0 Å². The molecular formula is C31H41NO3Si. The summed E-state index contributed by atoms with van der Waals surface area (Å²) in [6.07, 6.45) is 7.67. The Bertz CT molecular complexity index is 1070. The second-order valence-corrected chi connectivity index (χ2v) is 16.3. The Labute approximate surface area is 218 Å². The van der Waals surface area contributed by atoms with Crippen LogP contribution in [0.25, 0.3) is 0 Å². The summed E-state index contributed by atoms with van der Waals surface area (Å²) in [6, 6.07) is 21.2. The highest BCUT2D eigenvalue weighted by molar-refractivity contribution is 6.99. The fourth-order valence-corrected chi connectivity index (χ4v) is 10.1. The van der Waals surface area contributed by atoms with Crippen LogP contribution in [0.3, 0.4) is 0 Å². The summed E-state index contributed by atoms with van der Waals surface area (Å²) >= 11 is 0. The maximum atomic E-state index is 13.3. The molecule has 0 fully saturated rings. The van der Waals surface area contributed by atoms with E-state index in [1.807, 2.05) is 25.7 Å². The van der Waals surface area contributed by atoms with Gasteiger partial charge in [-0.2, -0.15) is 0 Å². The Morgan fingerprint density at radius 3 is 1.97 bits per heavy atom. The molecule has 0 bridgehead atoms. The van der Waals surface area contributed by atoms with Crippen LogP contribution >= 0.6 is 0 Å². The molecule has 36 heavy (non-hydrogen) atoms. The van der Waals surface area contributed by atoms with Crippen LogP contribution in [-0.4, -0.2) is 44.1 Å². The van der Waals surface area contributed by atoms with E-state index in [-0.39, 0.29) is 17.2 Å². The van der Waals surface area contributed by atoms with Gasteiger partial charge in [-0.1, -0.05) is 93.6 Å². The van der Waals surface area contributed by atoms with E-state index in [2.05, 4.69) is 93.6 Å². The molecule has 2 aromatic rings. The van der Waals surface area contributed by atoms with Gasteiger partial charge in [0.25, 0.3) is 8.32 Å². The molecule has 0 saturated heterocycles. The number of allylic oxidation sites excluding steroid dienone is 1. The average molecular weight is 504 g/mol. The molecule has 1 heterocycles. The summed E-state index contributed by atoms with van der Waals surface area (Å²) in [5, 5.41) is 2.37. The number of carbonyl (C=O) groups excluding carboxylic acids is 1. The molecule has 0 spiro atoms. The standard InChI is InChI=1S/C31H41NO3Si/c1-30(2,3)35-29(33)32-22-25(24-15-13-14-16-24)21-26(32)23-34-36(31(4,5)6,27-17-9-7-10-18-27)28-19-11-8-12-20-28/h7-12,15,17-21,26H,13-14,16,22-23H2,1-6H3/t26-/m0/s1. The van der Waals surface area contributed by atoms with Crippen molar-refractivity contribution >= 4 is 24.8 Å². The monoisotopic (exact) mass is 503 g/mol. The van der Waals surface area contributed by atoms with Crippen molar-refractivity contribution in [3.8, 4) is 0 Å². The Kier molecular flexibility index (Phi) is 7.63. The van der Waals surface area contributed by atoms with Gasteiger partial charge in [-0.3, -0.25) is 4.90 Å². The molecule has 0 unspecified atom stereocenters. The molecule has 4 rings (SSSR count). The molecule has 1 amide bonds. The van der Waals surface area contributed by atoms with Gasteiger partial charge in [-0.05, 0) is 66.6 Å². The lowest BCUT2D eigenvalue weighted by molar-refractivity contribution is 0.0202. The molecule has 0 radical (unpaired) electrons. The molecule has 5 heteroatoms. The summed E-state index contributed by atoms with van der Waals surface area (Å²) in [7, 11) is -2.70. The second-order valence-electron chi connectivity index (χ2n) is 12.0. The van der Waals surface area contributed by atoms with Gasteiger partial charge in [0.2, 0.25) is 0 Å². The zero-order valence-electron chi connectivity index (χ0n) is 22.7. The van der Waals surface area contributed by atoms with Crippen LogP contribution in [0.2, 0.25) is 5.04 Å². The quantitative estimate of drug-likeness (QED) is 0.439. The first-order valence-electron chi connectivity index (χ1n) is 13.2. The van der Waals surface area contributed by atoms with Crippen molar-refractivity contribution in [1.82, 2.24) is 4.90 Å². The Morgan fingerprint density at radius 2 is 1.50 bits per heavy atom. The lowest BCUT2D eigenvalue weighted by atomic mass is 10.1. The molecule has 2 aromatic carbocycles. The molecular weight excluding hydrogens is 462 g/mol. The summed E-state index contributed by atoms with van der Waals surface area (Å²) < 4.78 is 13.0. The van der Waals surface area contributed by atoms with E-state index in [1.54, 1.807) is 0 Å². The van der Waals surface area contributed by atoms with Crippen LogP contribution in [0.5, 0.6) is 0 Å². The van der Waals surface area contributed by atoms with Crippen LogP contribution in [0, 0.1) is 0 Å². The summed E-state index contributed by atoms with van der Waals surface area (Å²) in [4.78, 5) is 15.2. The van der Waals surface area contributed by atoms with Crippen molar-refractivity contribution in [2.75, 3.05) is 13.2 Å². The minimum absolute atomic E-state index is 0.119. The van der Waals surface area contributed by atoms with Crippen molar-refractivity contribution in [2.24, 2.45) is 0 Å². The van der Waals surface area contributed by atoms with Crippen LogP contribution in [0.4, 0.5) is 4.79 Å². The predicted molar refractivity (Wildman–Crippen MR) is 150 cm³/mol. The van der Waals surface area contributed by atoms with Crippen LogP contribution in [-0.2, 0) is 9.16 Å². The van der Waals surface area contributed by atoms with Crippen molar-refractivity contribution in [2.45, 2.75) is 77.5 Å². The smallest absolute Gasteiger partial charge is 0.411 e. The molecule has 0 saturated carbocycles. The molecule has 0 N–H and O–H groups in total. The highest BCUT2D eigenvalue weighted by atomic mass is 28.4. The summed E-state index contributed by atoms with van der Waals surface area (Å²) in [5.41, 5.74) is 2.07. The molecule has 1 aliphatic carbocycles. The maximum absolute atomic E-state index is 13.3. The second kappa shape index (κ2) is 10.4. The van der Waals surface area contributed by atoms with E-state index < -0.39 is 13.9 Å². The van der Waals surface area contributed by atoms with Gasteiger partial charge in [0.05, 0.1) is 12.6 Å². The van der Waals surface area contributed by atoms with Gasteiger partial charge in [0.15, 0.2) is 0 Å². The molecule has 1 aliphatic heterocycles. The van der Waals surface area contributed by atoms with Crippen molar-refractivity contribution < 1.29 is 14.0 Å². The fourth-order valence-electron chi connectivity index (χ4n) is 5.48. The molecule has 0 aromatic heterocycles. The van der Waals surface area contributed by atoms with Gasteiger partial charge >= 0.3 is 6.09 Å². The van der Waals surface area contributed by atoms with Crippen LogP contribution in [0.15, 0.2) is 84.0 Å². The van der Waals surface area contributed by atoms with E-state index in [4.69, 9.17) is 9.16 Å². The molecule has 192 valence electrons. The lowest BCUT2D eigenvalue weighted by Gasteiger charge is -2.44. The van der Waals surface area contributed by atoms with Crippen molar-refractivity contribution in [3.63, 3.8) is 0 Å². The first kappa shape index (κ1) is 26.4. The van der Waals surface area contributed by atoms with E-state index in [0.29, 0.717) is 13.2 Å². The number of carbonyl (C=O) groups is 1. The van der Waals surface area contributed by atoms with Crippen molar-refractivity contribution in [3.05, 3.63) is 84.0 Å². The van der Waals surface area contributed by atoms with E-state index in [9.17, 15) is 4.79 Å². The molecule has 2 aliphatic rings. The number of nitrogens with zero attached hydrogens (tertiary/aromatic N) is 1. The van der Waals surface area contributed by atoms with Crippen molar-refractivity contribution in [1.29, 1.82) is 0 Å². The van der Waals surface area contributed by atoms with Gasteiger partial charge in [0.1, 0.15) is 5.60 Å². The lowest BCUT2D eigenvalue weighted by Crippen LogP contribution is -2.67. The Morgan fingerprint density at radius 1 is 0.917 bits per heavy atom. The fraction of sp³-hybridized carbons (Fsp3) is 0.452. The van der Waals surface area contributed by atoms with E-state index >= 15 is 0 Å². The van der Waals surface area contributed by atoms with Gasteiger partial charge in [0, 0.05) is 6.54 Å². The number of benzene rings is 2. The SMILES string of the molecule is CC(C)(C)OC(=O)N1CC(C2=CCCC2)=C[C@H]1CO[Si](c1ccccc1)(c1ccccc1)C(C)(C)C. The Balaban J connectivity index is 1.71. The zero-order chi connectivity index (χ0) is 26.0. The molecule has 1 atom stereocenters. The topological polar surface area (TPSA) is 38.8 Å². The minimum atomic E-state index is -2.70. The molecule has 4 nitrogen and oxygen atoms in total. The highest BCUT2D eigenvalue weighted by Gasteiger charge is 2.51. The van der Waals surface area contributed by atoms with E-state index in [0.717, 1.165) is 12.8 Å². The van der Waals surface area contributed by atoms with Crippen LogP contribution in [0.1, 0.15) is 60.8 Å². The minimum Gasteiger partial charge on any atom is -0.444 e. The van der Waals surface area contributed by atoms with E-state index in [1.165, 1.54) is 27.9 Å². The Hall–Kier alpha value is -2.63. The summed E-state index contributed by atoms with van der Waals surface area (Å²) in [6.45, 7) is 13.6. The number of amides is 1. The van der Waals surface area contributed by atoms with Gasteiger partial charge in [-0.25, -0.2) is 4.79 Å². The number of hydrogen-bond acceptors (Lipinski definition) is 3. The predicted octanol–water partition coefficient (Wildman–Crippen LogP) is 6.22. The summed E-state index contributed by atoms with van der Waals surface area (Å²) in [5.74, 6) is 0. The first-order chi connectivity index (χ1) is 17.0. The highest BCUT2D eigenvalue weighted by Crippen LogP contribution is 2.38. The van der Waals surface area contributed by atoms with Crippen LogP contribution < -0.4 is 10.4 Å². The number of ether oxygens (including phenoxy) is 1. The third-order valence-corrected chi connectivity index (χ3v) is 12.1. The third kappa shape index (κ3) is 5.52. The largest absolute Gasteiger partial charge is 0.444 e. The zero-order valence-corrected chi connectivity index (χ0v) is 23.7. The normalized spacial score (nSPS) is 18.7. The first-order valence-corrected chi connectivity index (χ1v) is 15.1. The number of hydrogen-bond donors (Lipinski definition) is 0. The third-order valence-electron chi connectivity index (χ3n) is 7.10. The number of rotatable bonds is 6. The average Bonchev–Trinajstić information content (AvgIpc) is 3.49. The maximum Gasteiger partial charge on any atom is 0.411 e.